The zero-order chi connectivity index (χ0) is 15.2. The van der Waals surface area contributed by atoms with E-state index in [-0.39, 0.29) is 0 Å². The predicted molar refractivity (Wildman–Crippen MR) is 84.7 cm³/mol. The minimum absolute atomic E-state index is 0.351. The summed E-state index contributed by atoms with van der Waals surface area (Å²) in [6, 6.07) is 3.46. The SMILES string of the molecule is CC(C)NC(C)(C#N)CCCN(C)C1CCCN(C)C1. The van der Waals surface area contributed by atoms with Gasteiger partial charge in [-0.1, -0.05) is 0 Å². The quantitative estimate of drug-likeness (QED) is 0.775. The molecule has 1 aliphatic rings. The molecule has 0 saturated carbocycles. The van der Waals surface area contributed by atoms with Crippen molar-refractivity contribution >= 4 is 0 Å². The Bertz CT molecular complexity index is 323. The summed E-state index contributed by atoms with van der Waals surface area (Å²) in [6.45, 7) is 9.70. The Kier molecular flexibility index (Phi) is 6.94. The topological polar surface area (TPSA) is 42.3 Å². The Morgan fingerprint density at radius 1 is 1.50 bits per heavy atom. The van der Waals surface area contributed by atoms with Crippen molar-refractivity contribution in [3.63, 3.8) is 0 Å². The van der Waals surface area contributed by atoms with E-state index in [0.717, 1.165) is 19.4 Å². The third-order valence-corrected chi connectivity index (χ3v) is 4.26. The average Bonchev–Trinajstić information content (AvgIpc) is 2.37. The van der Waals surface area contributed by atoms with Crippen molar-refractivity contribution in [1.82, 2.24) is 15.1 Å². The molecule has 1 N–H and O–H groups in total. The van der Waals surface area contributed by atoms with Gasteiger partial charge in [0.05, 0.1) is 6.07 Å². The van der Waals surface area contributed by atoms with Gasteiger partial charge < -0.3 is 9.80 Å². The molecule has 0 spiro atoms. The summed E-state index contributed by atoms with van der Waals surface area (Å²) in [6.07, 6.45) is 4.59. The summed E-state index contributed by atoms with van der Waals surface area (Å²) in [5, 5.41) is 12.7. The van der Waals surface area contributed by atoms with E-state index < -0.39 is 5.54 Å². The van der Waals surface area contributed by atoms with Crippen LogP contribution in [-0.4, -0.2) is 61.2 Å². The van der Waals surface area contributed by atoms with E-state index in [1.54, 1.807) is 0 Å². The minimum atomic E-state index is -0.391. The molecule has 4 heteroatoms. The first-order valence-electron chi connectivity index (χ1n) is 7.94. The van der Waals surface area contributed by atoms with E-state index in [0.29, 0.717) is 12.1 Å². The molecule has 1 fully saturated rings. The second-order valence-corrected chi connectivity index (χ2v) is 6.89. The fraction of sp³-hybridized carbons (Fsp3) is 0.938. The molecule has 0 amide bonds. The van der Waals surface area contributed by atoms with E-state index >= 15 is 0 Å². The fourth-order valence-electron chi connectivity index (χ4n) is 3.16. The van der Waals surface area contributed by atoms with Crippen molar-refractivity contribution < 1.29 is 0 Å². The fourth-order valence-corrected chi connectivity index (χ4v) is 3.16. The standard InChI is InChI=1S/C16H32N4/c1-14(2)18-16(3,13-17)9-7-11-20(5)15-8-6-10-19(4)12-15/h14-15,18H,6-12H2,1-5H3. The van der Waals surface area contributed by atoms with Crippen LogP contribution in [0.25, 0.3) is 0 Å². The average molecular weight is 280 g/mol. The van der Waals surface area contributed by atoms with Crippen LogP contribution in [0.1, 0.15) is 46.5 Å². The summed E-state index contributed by atoms with van der Waals surface area (Å²) >= 11 is 0. The summed E-state index contributed by atoms with van der Waals surface area (Å²) in [5.41, 5.74) is -0.391. The van der Waals surface area contributed by atoms with Gasteiger partial charge in [0.1, 0.15) is 5.54 Å². The number of rotatable bonds is 7. The highest BCUT2D eigenvalue weighted by molar-refractivity contribution is 5.04. The Balaban J connectivity index is 2.33. The van der Waals surface area contributed by atoms with Crippen LogP contribution in [0.4, 0.5) is 0 Å². The molecule has 0 aliphatic carbocycles. The minimum Gasteiger partial charge on any atom is -0.305 e. The first-order valence-corrected chi connectivity index (χ1v) is 7.94. The lowest BCUT2D eigenvalue weighted by molar-refractivity contribution is 0.131. The maximum Gasteiger partial charge on any atom is 0.104 e. The molecule has 1 saturated heterocycles. The number of nitrogens with zero attached hydrogens (tertiary/aromatic N) is 3. The molecule has 0 radical (unpaired) electrons. The van der Waals surface area contributed by atoms with Gasteiger partial charge in [-0.25, -0.2) is 0 Å². The highest BCUT2D eigenvalue weighted by Gasteiger charge is 2.25. The first-order chi connectivity index (χ1) is 9.36. The van der Waals surface area contributed by atoms with Crippen LogP contribution in [0.5, 0.6) is 0 Å². The van der Waals surface area contributed by atoms with Crippen molar-refractivity contribution in [2.45, 2.75) is 64.1 Å². The van der Waals surface area contributed by atoms with Crippen LogP contribution < -0.4 is 5.32 Å². The zero-order valence-corrected chi connectivity index (χ0v) is 13.9. The number of hydrogen-bond acceptors (Lipinski definition) is 4. The van der Waals surface area contributed by atoms with Gasteiger partial charge in [-0.05, 0) is 73.6 Å². The number of likely N-dealkylation sites (N-methyl/N-ethyl adjacent to an activating group) is 2. The first kappa shape index (κ1) is 17.4. The van der Waals surface area contributed by atoms with E-state index in [1.165, 1.54) is 25.9 Å². The van der Waals surface area contributed by atoms with Gasteiger partial charge in [-0.15, -0.1) is 0 Å². The molecule has 116 valence electrons. The molecule has 0 aromatic rings. The highest BCUT2D eigenvalue weighted by atomic mass is 15.2. The molecular weight excluding hydrogens is 248 g/mol. The number of hydrogen-bond donors (Lipinski definition) is 1. The van der Waals surface area contributed by atoms with Gasteiger partial charge >= 0.3 is 0 Å². The normalized spacial score (nSPS) is 23.8. The molecule has 2 atom stereocenters. The summed E-state index contributed by atoms with van der Waals surface area (Å²) in [7, 11) is 4.43. The van der Waals surface area contributed by atoms with Crippen LogP contribution in [0.3, 0.4) is 0 Å². The zero-order valence-electron chi connectivity index (χ0n) is 13.9. The Morgan fingerprint density at radius 3 is 2.75 bits per heavy atom. The van der Waals surface area contributed by atoms with Crippen molar-refractivity contribution in [3.05, 3.63) is 0 Å². The van der Waals surface area contributed by atoms with Gasteiger partial charge in [0.15, 0.2) is 0 Å². The van der Waals surface area contributed by atoms with Crippen molar-refractivity contribution in [3.8, 4) is 6.07 Å². The molecule has 4 nitrogen and oxygen atoms in total. The largest absolute Gasteiger partial charge is 0.305 e. The third kappa shape index (κ3) is 5.78. The van der Waals surface area contributed by atoms with E-state index in [2.05, 4.69) is 49.1 Å². The summed E-state index contributed by atoms with van der Waals surface area (Å²) < 4.78 is 0. The number of likely N-dealkylation sites (tertiary alicyclic amines) is 1. The van der Waals surface area contributed by atoms with E-state index in [1.807, 2.05) is 6.92 Å². The predicted octanol–water partition coefficient (Wildman–Crippen LogP) is 2.07. The molecule has 1 rings (SSSR count). The Labute approximate surface area is 125 Å². The van der Waals surface area contributed by atoms with Gasteiger partial charge in [0.25, 0.3) is 0 Å². The molecule has 0 bridgehead atoms. The Morgan fingerprint density at radius 2 is 2.20 bits per heavy atom. The van der Waals surface area contributed by atoms with Crippen molar-refractivity contribution in [2.75, 3.05) is 33.7 Å². The van der Waals surface area contributed by atoms with Crippen LogP contribution in [0.2, 0.25) is 0 Å². The van der Waals surface area contributed by atoms with Gasteiger partial charge in [-0.3, -0.25) is 5.32 Å². The molecule has 20 heavy (non-hydrogen) atoms. The molecular formula is C16H32N4. The van der Waals surface area contributed by atoms with Crippen LogP contribution >= 0.6 is 0 Å². The summed E-state index contributed by atoms with van der Waals surface area (Å²) in [5.74, 6) is 0. The number of nitriles is 1. The Hall–Kier alpha value is -0.630. The number of nitrogens with one attached hydrogen (secondary N) is 1. The van der Waals surface area contributed by atoms with Crippen molar-refractivity contribution in [2.24, 2.45) is 0 Å². The maximum absolute atomic E-state index is 9.35. The number of piperidine rings is 1. The van der Waals surface area contributed by atoms with E-state index in [4.69, 9.17) is 0 Å². The molecule has 2 unspecified atom stereocenters. The lowest BCUT2D eigenvalue weighted by Gasteiger charge is -2.36. The smallest absolute Gasteiger partial charge is 0.104 e. The monoisotopic (exact) mass is 280 g/mol. The van der Waals surface area contributed by atoms with Crippen LogP contribution in [-0.2, 0) is 0 Å². The van der Waals surface area contributed by atoms with Gasteiger partial charge in [0, 0.05) is 18.6 Å². The van der Waals surface area contributed by atoms with Crippen LogP contribution in [0.15, 0.2) is 0 Å². The molecule has 0 aromatic heterocycles. The lowest BCUT2D eigenvalue weighted by atomic mass is 9.96. The third-order valence-electron chi connectivity index (χ3n) is 4.26. The van der Waals surface area contributed by atoms with Crippen LogP contribution in [0, 0.1) is 11.3 Å². The summed E-state index contributed by atoms with van der Waals surface area (Å²) in [4.78, 5) is 4.90. The van der Waals surface area contributed by atoms with E-state index in [9.17, 15) is 5.26 Å². The maximum atomic E-state index is 9.35. The second kappa shape index (κ2) is 7.97. The highest BCUT2D eigenvalue weighted by Crippen LogP contribution is 2.16. The second-order valence-electron chi connectivity index (χ2n) is 6.89. The lowest BCUT2D eigenvalue weighted by Crippen LogP contribution is -2.47. The van der Waals surface area contributed by atoms with Gasteiger partial charge in [-0.2, -0.15) is 5.26 Å². The molecule has 0 aromatic carbocycles. The molecule has 1 heterocycles. The van der Waals surface area contributed by atoms with Crippen molar-refractivity contribution in [1.29, 1.82) is 5.26 Å². The molecule has 1 aliphatic heterocycles. The van der Waals surface area contributed by atoms with Gasteiger partial charge in [0.2, 0.25) is 0 Å².